The third kappa shape index (κ3) is 5.60. The van der Waals surface area contributed by atoms with Crippen molar-refractivity contribution in [1.82, 2.24) is 20.4 Å². The van der Waals surface area contributed by atoms with E-state index in [-0.39, 0.29) is 11.9 Å². The zero-order valence-corrected chi connectivity index (χ0v) is 13.5. The fourth-order valence-electron chi connectivity index (χ4n) is 2.77. The number of carbonyl (C=O) groups is 1. The minimum Gasteiger partial charge on any atom is -0.352 e. The van der Waals surface area contributed by atoms with Crippen LogP contribution in [0.5, 0.6) is 0 Å². The molecule has 0 bridgehead atoms. The monoisotopic (exact) mass is 300 g/mol. The van der Waals surface area contributed by atoms with Crippen molar-refractivity contribution in [2.24, 2.45) is 0 Å². The highest BCUT2D eigenvalue weighted by Crippen LogP contribution is 2.10. The Bertz CT molecular complexity index is 302. The summed E-state index contributed by atoms with van der Waals surface area (Å²) in [5.74, 6) is 2.41. The highest BCUT2D eigenvalue weighted by molar-refractivity contribution is 7.99. The van der Waals surface area contributed by atoms with Crippen LogP contribution in [0, 0.1) is 0 Å². The Hall–Kier alpha value is -0.300. The van der Waals surface area contributed by atoms with E-state index in [9.17, 15) is 4.79 Å². The second kappa shape index (κ2) is 8.22. The summed E-state index contributed by atoms with van der Waals surface area (Å²) in [6.45, 7) is 8.58. The molecule has 2 rings (SSSR count). The molecule has 2 atom stereocenters. The van der Waals surface area contributed by atoms with Gasteiger partial charge in [-0.15, -0.1) is 0 Å². The first kappa shape index (κ1) is 16.1. The topological polar surface area (TPSA) is 47.6 Å². The molecule has 2 aliphatic heterocycles. The summed E-state index contributed by atoms with van der Waals surface area (Å²) in [7, 11) is 2.16. The van der Waals surface area contributed by atoms with E-state index in [1.807, 2.05) is 11.8 Å². The van der Waals surface area contributed by atoms with Crippen molar-refractivity contribution < 1.29 is 4.79 Å². The van der Waals surface area contributed by atoms with E-state index in [4.69, 9.17) is 0 Å². The van der Waals surface area contributed by atoms with Crippen molar-refractivity contribution >= 4 is 17.7 Å². The molecule has 0 spiro atoms. The highest BCUT2D eigenvalue weighted by atomic mass is 32.2. The van der Waals surface area contributed by atoms with Gasteiger partial charge in [-0.3, -0.25) is 9.69 Å². The van der Waals surface area contributed by atoms with E-state index < -0.39 is 0 Å². The van der Waals surface area contributed by atoms with Crippen LogP contribution in [0.1, 0.15) is 13.3 Å². The van der Waals surface area contributed by atoms with Crippen molar-refractivity contribution in [1.29, 1.82) is 0 Å². The largest absolute Gasteiger partial charge is 0.352 e. The number of amides is 1. The van der Waals surface area contributed by atoms with Crippen LogP contribution in [-0.4, -0.2) is 85.6 Å². The summed E-state index contributed by atoms with van der Waals surface area (Å²) in [6, 6.07) is 0.590. The van der Waals surface area contributed by atoms with Crippen molar-refractivity contribution in [2.75, 3.05) is 57.8 Å². The van der Waals surface area contributed by atoms with Gasteiger partial charge in [-0.2, -0.15) is 11.8 Å². The number of carbonyl (C=O) groups excluding carboxylic acids is 1. The molecule has 0 radical (unpaired) electrons. The number of nitrogens with one attached hydrogen (secondary N) is 2. The Morgan fingerprint density at radius 2 is 2.15 bits per heavy atom. The molecule has 2 fully saturated rings. The van der Waals surface area contributed by atoms with Crippen LogP contribution in [0.25, 0.3) is 0 Å². The van der Waals surface area contributed by atoms with Gasteiger partial charge in [0.05, 0.1) is 0 Å². The molecule has 2 unspecified atom stereocenters. The van der Waals surface area contributed by atoms with Crippen LogP contribution >= 0.6 is 11.8 Å². The summed E-state index contributed by atoms with van der Waals surface area (Å²) in [5, 5.41) is 6.55. The Kier molecular flexibility index (Phi) is 6.61. The molecule has 20 heavy (non-hydrogen) atoms. The van der Waals surface area contributed by atoms with Crippen LogP contribution in [0.3, 0.4) is 0 Å². The lowest BCUT2D eigenvalue weighted by Gasteiger charge is -2.34. The SMILES string of the molecule is CC(CN1CCN(C)CC1)NC(=O)CC1CSCCN1. The molecule has 0 aliphatic carbocycles. The lowest BCUT2D eigenvalue weighted by Crippen LogP contribution is -2.50. The average Bonchev–Trinajstić information content (AvgIpc) is 2.42. The summed E-state index contributed by atoms with van der Waals surface area (Å²) in [6.07, 6.45) is 0.611. The van der Waals surface area contributed by atoms with Gasteiger partial charge in [0, 0.05) is 69.3 Å². The van der Waals surface area contributed by atoms with E-state index in [1.54, 1.807) is 0 Å². The molecular weight excluding hydrogens is 272 g/mol. The first-order chi connectivity index (χ1) is 9.63. The minimum atomic E-state index is 0.187. The fraction of sp³-hybridized carbons (Fsp3) is 0.929. The zero-order valence-electron chi connectivity index (χ0n) is 12.7. The minimum absolute atomic E-state index is 0.187. The van der Waals surface area contributed by atoms with Crippen molar-refractivity contribution in [3.63, 3.8) is 0 Å². The Morgan fingerprint density at radius 1 is 1.40 bits per heavy atom. The van der Waals surface area contributed by atoms with E-state index in [2.05, 4.69) is 34.4 Å². The molecular formula is C14H28N4OS. The predicted molar refractivity (Wildman–Crippen MR) is 85.3 cm³/mol. The predicted octanol–water partition coefficient (Wildman–Crippen LogP) is -0.166. The van der Waals surface area contributed by atoms with E-state index in [0.717, 1.165) is 50.8 Å². The fourth-order valence-corrected chi connectivity index (χ4v) is 3.72. The third-order valence-corrected chi connectivity index (χ3v) is 5.10. The second-order valence-electron chi connectivity index (χ2n) is 6.00. The van der Waals surface area contributed by atoms with Gasteiger partial charge in [-0.05, 0) is 14.0 Å². The van der Waals surface area contributed by atoms with Gasteiger partial charge in [0.25, 0.3) is 0 Å². The van der Waals surface area contributed by atoms with Crippen molar-refractivity contribution in [2.45, 2.75) is 25.4 Å². The molecule has 2 N–H and O–H groups in total. The maximum Gasteiger partial charge on any atom is 0.221 e. The zero-order chi connectivity index (χ0) is 14.4. The average molecular weight is 300 g/mol. The van der Waals surface area contributed by atoms with Crippen molar-refractivity contribution in [3.05, 3.63) is 0 Å². The maximum absolute atomic E-state index is 12.0. The first-order valence-corrected chi connectivity index (χ1v) is 8.80. The number of nitrogens with zero attached hydrogens (tertiary/aromatic N) is 2. The number of hydrogen-bond donors (Lipinski definition) is 2. The maximum atomic E-state index is 12.0. The van der Waals surface area contributed by atoms with Crippen LogP contribution in [-0.2, 0) is 4.79 Å². The number of hydrogen-bond acceptors (Lipinski definition) is 5. The molecule has 2 aliphatic rings. The normalized spacial score (nSPS) is 27.2. The van der Waals surface area contributed by atoms with Gasteiger partial charge in [-0.25, -0.2) is 0 Å². The lowest BCUT2D eigenvalue weighted by atomic mass is 10.2. The van der Waals surface area contributed by atoms with E-state index in [1.165, 1.54) is 0 Å². The van der Waals surface area contributed by atoms with Crippen LogP contribution in [0.15, 0.2) is 0 Å². The standard InChI is InChI=1S/C14H28N4OS/c1-12(10-18-6-4-17(2)5-7-18)16-14(19)9-13-11-20-8-3-15-13/h12-13,15H,3-11H2,1-2H3,(H,16,19). The van der Waals surface area contributed by atoms with Crippen LogP contribution < -0.4 is 10.6 Å². The molecule has 5 nitrogen and oxygen atoms in total. The van der Waals surface area contributed by atoms with Gasteiger partial charge in [0.2, 0.25) is 5.91 Å². The Labute approximate surface area is 126 Å². The van der Waals surface area contributed by atoms with Crippen LogP contribution in [0.4, 0.5) is 0 Å². The van der Waals surface area contributed by atoms with Gasteiger partial charge < -0.3 is 15.5 Å². The summed E-state index contributed by atoms with van der Waals surface area (Å²) >= 11 is 1.94. The second-order valence-corrected chi connectivity index (χ2v) is 7.15. The third-order valence-electron chi connectivity index (χ3n) is 3.97. The number of piperazine rings is 1. The van der Waals surface area contributed by atoms with E-state index >= 15 is 0 Å². The molecule has 2 heterocycles. The highest BCUT2D eigenvalue weighted by Gasteiger charge is 2.20. The molecule has 0 saturated carbocycles. The number of likely N-dealkylation sites (N-methyl/N-ethyl adjacent to an activating group) is 1. The molecule has 1 amide bonds. The molecule has 6 heteroatoms. The number of rotatable bonds is 5. The van der Waals surface area contributed by atoms with Gasteiger partial charge in [0.15, 0.2) is 0 Å². The van der Waals surface area contributed by atoms with Crippen molar-refractivity contribution in [3.8, 4) is 0 Å². The number of thioether (sulfide) groups is 1. The summed E-state index contributed by atoms with van der Waals surface area (Å²) in [5.41, 5.74) is 0. The summed E-state index contributed by atoms with van der Waals surface area (Å²) in [4.78, 5) is 16.8. The molecule has 0 aromatic rings. The lowest BCUT2D eigenvalue weighted by molar-refractivity contribution is -0.122. The first-order valence-electron chi connectivity index (χ1n) is 7.65. The molecule has 2 saturated heterocycles. The molecule has 116 valence electrons. The smallest absolute Gasteiger partial charge is 0.221 e. The van der Waals surface area contributed by atoms with Gasteiger partial charge >= 0.3 is 0 Å². The Morgan fingerprint density at radius 3 is 2.80 bits per heavy atom. The van der Waals surface area contributed by atoms with Crippen LogP contribution in [0.2, 0.25) is 0 Å². The molecule has 0 aromatic heterocycles. The summed E-state index contributed by atoms with van der Waals surface area (Å²) < 4.78 is 0. The van der Waals surface area contributed by atoms with Gasteiger partial charge in [-0.1, -0.05) is 0 Å². The molecule has 0 aromatic carbocycles. The quantitative estimate of drug-likeness (QED) is 0.738. The van der Waals surface area contributed by atoms with E-state index in [0.29, 0.717) is 12.5 Å². The van der Waals surface area contributed by atoms with Gasteiger partial charge in [0.1, 0.15) is 0 Å². The Balaban J connectivity index is 1.63.